The highest BCUT2D eigenvalue weighted by Gasteiger charge is 2.28. The van der Waals surface area contributed by atoms with Crippen LogP contribution in [0.25, 0.3) is 0 Å². The van der Waals surface area contributed by atoms with Gasteiger partial charge in [-0.1, -0.05) is 30.3 Å². The molecule has 244 valence electrons. The van der Waals surface area contributed by atoms with Crippen molar-refractivity contribution in [2.75, 3.05) is 11.5 Å². The first-order valence-corrected chi connectivity index (χ1v) is 17.6. The van der Waals surface area contributed by atoms with E-state index in [1.165, 1.54) is 6.07 Å². The van der Waals surface area contributed by atoms with E-state index >= 15 is 0 Å². The molecule has 0 radical (unpaired) electrons. The van der Waals surface area contributed by atoms with Gasteiger partial charge in [0, 0.05) is 18.2 Å². The van der Waals surface area contributed by atoms with Crippen molar-refractivity contribution < 1.29 is 28.2 Å². The van der Waals surface area contributed by atoms with E-state index in [1.807, 2.05) is 54.2 Å². The van der Waals surface area contributed by atoms with E-state index in [2.05, 4.69) is 15.6 Å². The van der Waals surface area contributed by atoms with Gasteiger partial charge < -0.3 is 24.8 Å². The van der Waals surface area contributed by atoms with Gasteiger partial charge >= 0.3 is 0 Å². The van der Waals surface area contributed by atoms with E-state index in [4.69, 9.17) is 14.2 Å². The van der Waals surface area contributed by atoms with E-state index in [9.17, 15) is 14.0 Å². The summed E-state index contributed by atoms with van der Waals surface area (Å²) in [5, 5.41) is 6.24. The smallest absolute Gasteiger partial charge is 0.257 e. The number of carbonyl (C=O) groups is 2. The maximum absolute atomic E-state index is 14.1. The van der Waals surface area contributed by atoms with Crippen molar-refractivity contribution in [3.05, 3.63) is 83.3 Å². The summed E-state index contributed by atoms with van der Waals surface area (Å²) in [7, 11) is 0. The Kier molecular flexibility index (Phi) is 11.0. The predicted molar refractivity (Wildman–Crippen MR) is 176 cm³/mol. The average Bonchev–Trinajstić information content (AvgIpc) is 3.59. The van der Waals surface area contributed by atoms with E-state index in [1.54, 1.807) is 6.07 Å². The molecule has 46 heavy (non-hydrogen) atoms. The summed E-state index contributed by atoms with van der Waals surface area (Å²) in [5.74, 6) is 2.24. The SMILES string of the molecule is O=C(N[C@H]1CC[C@@H](NC(=O)c2cc(F)cnc2OC2CCSCC2)CC1)c1ccc(OCc2ccccc2)cc1OC1CCCC1. The van der Waals surface area contributed by atoms with E-state index in [0.29, 0.717) is 49.4 Å². The van der Waals surface area contributed by atoms with Crippen molar-refractivity contribution in [3.63, 3.8) is 0 Å². The van der Waals surface area contributed by atoms with Crippen LogP contribution in [0, 0.1) is 5.82 Å². The zero-order valence-electron chi connectivity index (χ0n) is 26.0. The molecule has 6 rings (SSSR count). The highest BCUT2D eigenvalue weighted by Crippen LogP contribution is 2.31. The van der Waals surface area contributed by atoms with E-state index in [-0.39, 0.29) is 47.5 Å². The molecule has 3 aromatic rings. The molecule has 2 aromatic carbocycles. The third-order valence-corrected chi connectivity index (χ3v) is 10.00. The Morgan fingerprint density at radius 3 is 2.13 bits per heavy atom. The predicted octanol–water partition coefficient (Wildman–Crippen LogP) is 6.87. The molecular formula is C36H42FN3O5S. The van der Waals surface area contributed by atoms with Crippen molar-refractivity contribution in [1.29, 1.82) is 0 Å². The second-order valence-corrected chi connectivity index (χ2v) is 13.6. The minimum atomic E-state index is -0.574. The van der Waals surface area contributed by atoms with Gasteiger partial charge in [0.05, 0.1) is 17.9 Å². The first-order chi connectivity index (χ1) is 22.5. The minimum absolute atomic E-state index is 0.0214. The summed E-state index contributed by atoms with van der Waals surface area (Å²) in [6, 6.07) is 16.5. The van der Waals surface area contributed by atoms with Crippen LogP contribution in [0.4, 0.5) is 4.39 Å². The molecule has 8 nitrogen and oxygen atoms in total. The fourth-order valence-corrected chi connectivity index (χ4v) is 7.41. The van der Waals surface area contributed by atoms with Crippen LogP contribution in [0.5, 0.6) is 17.4 Å². The van der Waals surface area contributed by atoms with Crippen LogP contribution < -0.4 is 24.8 Å². The lowest BCUT2D eigenvalue weighted by molar-refractivity contribution is 0.0882. The molecule has 0 atom stereocenters. The van der Waals surface area contributed by atoms with Crippen LogP contribution >= 0.6 is 11.8 Å². The number of rotatable bonds is 11. The Bertz CT molecular complexity index is 1470. The fourth-order valence-electron chi connectivity index (χ4n) is 6.35. The van der Waals surface area contributed by atoms with Gasteiger partial charge in [0.15, 0.2) is 0 Å². The number of amides is 2. The van der Waals surface area contributed by atoms with Crippen molar-refractivity contribution in [2.45, 2.75) is 95.1 Å². The Morgan fingerprint density at radius 1 is 0.783 bits per heavy atom. The second-order valence-electron chi connectivity index (χ2n) is 12.4. The first kappa shape index (κ1) is 32.2. The van der Waals surface area contributed by atoms with Crippen molar-refractivity contribution in [3.8, 4) is 17.4 Å². The standard InChI is InChI=1S/C36H42FN3O5S/c37-25-20-32(36(38-22-25)45-29-16-18-46-19-17-29)35(42)40-27-12-10-26(11-13-27)39-34(41)31-15-14-30(43-23-24-6-2-1-3-7-24)21-33(31)44-28-8-4-5-9-28/h1-3,6-7,14-15,20-22,26-29H,4-5,8-13,16-19,23H2,(H,39,41)(H,40,42)/t26-,27+. The van der Waals surface area contributed by atoms with Gasteiger partial charge in [-0.05, 0) is 99.5 Å². The number of pyridine rings is 1. The topological polar surface area (TPSA) is 98.8 Å². The number of aromatic nitrogens is 1. The van der Waals surface area contributed by atoms with E-state index in [0.717, 1.165) is 61.8 Å². The molecule has 1 aromatic heterocycles. The minimum Gasteiger partial charge on any atom is -0.489 e. The zero-order chi connectivity index (χ0) is 31.7. The third kappa shape index (κ3) is 8.72. The maximum atomic E-state index is 14.1. The van der Waals surface area contributed by atoms with Crippen molar-refractivity contribution in [1.82, 2.24) is 15.6 Å². The summed E-state index contributed by atoms with van der Waals surface area (Å²) in [6.07, 6.45) is 9.91. The van der Waals surface area contributed by atoms with Crippen LogP contribution in [0.1, 0.15) is 90.5 Å². The molecule has 0 spiro atoms. The lowest BCUT2D eigenvalue weighted by Crippen LogP contribution is -2.44. The highest BCUT2D eigenvalue weighted by molar-refractivity contribution is 7.99. The van der Waals surface area contributed by atoms with Gasteiger partial charge in [-0.2, -0.15) is 11.8 Å². The van der Waals surface area contributed by atoms with Crippen LogP contribution in [-0.4, -0.2) is 52.6 Å². The van der Waals surface area contributed by atoms with Crippen LogP contribution in [-0.2, 0) is 6.61 Å². The highest BCUT2D eigenvalue weighted by atomic mass is 32.2. The number of benzene rings is 2. The maximum Gasteiger partial charge on any atom is 0.257 e. The number of hydrogen-bond acceptors (Lipinski definition) is 7. The number of carbonyl (C=O) groups excluding carboxylic acids is 2. The molecule has 2 heterocycles. The third-order valence-electron chi connectivity index (χ3n) is 8.95. The Morgan fingerprint density at radius 2 is 1.43 bits per heavy atom. The summed E-state index contributed by atoms with van der Waals surface area (Å²) >= 11 is 1.88. The number of ether oxygens (including phenoxy) is 3. The molecule has 0 unspecified atom stereocenters. The first-order valence-electron chi connectivity index (χ1n) is 16.5. The monoisotopic (exact) mass is 647 g/mol. The molecule has 3 fully saturated rings. The average molecular weight is 648 g/mol. The van der Waals surface area contributed by atoms with Gasteiger partial charge in [0.25, 0.3) is 11.8 Å². The Labute approximate surface area is 274 Å². The number of nitrogens with one attached hydrogen (secondary N) is 2. The molecule has 10 heteroatoms. The number of hydrogen-bond donors (Lipinski definition) is 2. The molecule has 2 N–H and O–H groups in total. The van der Waals surface area contributed by atoms with Gasteiger partial charge in [-0.15, -0.1) is 0 Å². The number of halogens is 1. The zero-order valence-corrected chi connectivity index (χ0v) is 26.9. The summed E-state index contributed by atoms with van der Waals surface area (Å²) in [5.41, 5.74) is 1.69. The van der Waals surface area contributed by atoms with Gasteiger partial charge in [0.2, 0.25) is 5.88 Å². The number of nitrogens with zero attached hydrogens (tertiary/aromatic N) is 1. The molecular weight excluding hydrogens is 605 g/mol. The molecule has 2 saturated carbocycles. The van der Waals surface area contributed by atoms with Crippen LogP contribution in [0.3, 0.4) is 0 Å². The second kappa shape index (κ2) is 15.7. The molecule has 2 aliphatic carbocycles. The Hall–Kier alpha value is -3.79. The molecule has 2 amide bonds. The normalized spacial score (nSPS) is 20.5. The van der Waals surface area contributed by atoms with Gasteiger partial charge in [-0.25, -0.2) is 9.37 Å². The Balaban J connectivity index is 1.04. The molecule has 1 saturated heterocycles. The summed E-state index contributed by atoms with van der Waals surface area (Å²) < 4.78 is 32.5. The molecule has 0 bridgehead atoms. The van der Waals surface area contributed by atoms with Gasteiger partial charge in [0.1, 0.15) is 35.6 Å². The fraction of sp³-hybridized carbons (Fsp3) is 0.472. The lowest BCUT2D eigenvalue weighted by atomic mass is 9.90. The summed E-state index contributed by atoms with van der Waals surface area (Å²) in [6.45, 7) is 0.429. The van der Waals surface area contributed by atoms with Crippen LogP contribution in [0.15, 0.2) is 60.8 Å². The quantitative estimate of drug-likeness (QED) is 0.235. The number of thioether (sulfide) groups is 1. The lowest BCUT2D eigenvalue weighted by Gasteiger charge is -2.30. The molecule has 3 aliphatic rings. The molecule has 1 aliphatic heterocycles. The summed E-state index contributed by atoms with van der Waals surface area (Å²) in [4.78, 5) is 30.8. The van der Waals surface area contributed by atoms with Crippen molar-refractivity contribution in [2.24, 2.45) is 0 Å². The van der Waals surface area contributed by atoms with Gasteiger partial charge in [-0.3, -0.25) is 9.59 Å². The van der Waals surface area contributed by atoms with Crippen molar-refractivity contribution >= 4 is 23.6 Å². The van der Waals surface area contributed by atoms with E-state index < -0.39 is 5.82 Å². The largest absolute Gasteiger partial charge is 0.489 e. The van der Waals surface area contributed by atoms with Crippen LogP contribution in [0.2, 0.25) is 0 Å².